The van der Waals surface area contributed by atoms with Gasteiger partial charge in [-0.15, -0.1) is 0 Å². The third-order valence-corrected chi connectivity index (χ3v) is 5.70. The van der Waals surface area contributed by atoms with Crippen molar-refractivity contribution < 1.29 is 4.79 Å². The number of rotatable bonds is 5. The van der Waals surface area contributed by atoms with E-state index in [2.05, 4.69) is 40.3 Å². The first kappa shape index (κ1) is 20.7. The summed E-state index contributed by atoms with van der Waals surface area (Å²) in [5.41, 5.74) is 1.88. The highest BCUT2D eigenvalue weighted by atomic mass is 16.2. The molecule has 1 aliphatic heterocycles. The number of aryl methyl sites for hydroxylation is 2. The van der Waals surface area contributed by atoms with Crippen molar-refractivity contribution >= 4 is 17.5 Å². The zero-order chi connectivity index (χ0) is 22.8. The van der Waals surface area contributed by atoms with E-state index in [0.29, 0.717) is 17.5 Å². The molecule has 5 rings (SSSR count). The summed E-state index contributed by atoms with van der Waals surface area (Å²) >= 11 is 0. The molecule has 0 aliphatic carbocycles. The van der Waals surface area contributed by atoms with Crippen molar-refractivity contribution in [1.82, 2.24) is 39.5 Å². The predicted octanol–water partition coefficient (Wildman–Crippen LogP) is 2.11. The number of anilines is 2. The molecule has 0 radical (unpaired) electrons. The Bertz CT molecular complexity index is 1260. The van der Waals surface area contributed by atoms with Gasteiger partial charge in [-0.2, -0.15) is 10.2 Å². The lowest BCUT2D eigenvalue weighted by atomic mass is 9.96. The van der Waals surface area contributed by atoms with Gasteiger partial charge < -0.3 is 10.2 Å². The zero-order valence-corrected chi connectivity index (χ0v) is 18.5. The first-order valence-corrected chi connectivity index (χ1v) is 10.8. The molecule has 0 saturated carbocycles. The lowest BCUT2D eigenvalue weighted by Gasteiger charge is -2.32. The largest absolute Gasteiger partial charge is 0.356 e. The second-order valence-electron chi connectivity index (χ2n) is 8.04. The molecule has 0 atom stereocenters. The molecule has 1 amide bonds. The van der Waals surface area contributed by atoms with Gasteiger partial charge in [0.25, 0.3) is 0 Å². The molecule has 0 spiro atoms. The van der Waals surface area contributed by atoms with Gasteiger partial charge in [0, 0.05) is 49.2 Å². The second kappa shape index (κ2) is 8.77. The fourth-order valence-corrected chi connectivity index (χ4v) is 4.03. The van der Waals surface area contributed by atoms with Gasteiger partial charge in [0.2, 0.25) is 5.91 Å². The molecule has 0 aromatic carbocycles. The van der Waals surface area contributed by atoms with Gasteiger partial charge in [-0.3, -0.25) is 4.79 Å². The van der Waals surface area contributed by atoms with Crippen LogP contribution in [0.2, 0.25) is 0 Å². The lowest BCUT2D eigenvalue weighted by molar-refractivity contribution is -0.120. The number of carbonyl (C=O) groups excluding carboxylic acids is 1. The second-order valence-corrected chi connectivity index (χ2v) is 8.04. The number of carbonyl (C=O) groups is 1. The standard InChI is InChI=1S/C22H24N10O/c1-15-10-16(2)32(29-15)21-11-18(23-13-26-21)28-22(33)17-4-8-30(9-5-17)19-12-20(25-14-24-19)31-7-3-6-27-31/h3,6-7,10-14,17H,4-5,8-9H2,1-2H3,(H,23,26,28,33). The van der Waals surface area contributed by atoms with E-state index < -0.39 is 0 Å². The molecule has 5 heterocycles. The minimum absolute atomic E-state index is 0.0346. The highest BCUT2D eigenvalue weighted by Gasteiger charge is 2.26. The quantitative estimate of drug-likeness (QED) is 0.497. The third kappa shape index (κ3) is 4.43. The molecule has 1 fully saturated rings. The summed E-state index contributed by atoms with van der Waals surface area (Å²) in [6.45, 7) is 5.35. The Morgan fingerprint density at radius 1 is 0.970 bits per heavy atom. The van der Waals surface area contributed by atoms with Crippen LogP contribution in [0.1, 0.15) is 24.2 Å². The minimum atomic E-state index is -0.0965. The van der Waals surface area contributed by atoms with Crippen LogP contribution >= 0.6 is 0 Å². The number of amides is 1. The first-order chi connectivity index (χ1) is 16.1. The van der Waals surface area contributed by atoms with E-state index in [1.54, 1.807) is 28.0 Å². The highest BCUT2D eigenvalue weighted by molar-refractivity contribution is 5.92. The summed E-state index contributed by atoms with van der Waals surface area (Å²) in [5.74, 6) is 2.51. The Kier molecular flexibility index (Phi) is 5.51. The maximum absolute atomic E-state index is 12.9. The van der Waals surface area contributed by atoms with Gasteiger partial charge in [-0.25, -0.2) is 29.3 Å². The van der Waals surface area contributed by atoms with E-state index >= 15 is 0 Å². The molecule has 168 valence electrons. The average molecular weight is 445 g/mol. The van der Waals surface area contributed by atoms with E-state index in [0.717, 1.165) is 43.1 Å². The van der Waals surface area contributed by atoms with Gasteiger partial charge in [0.05, 0.1) is 5.69 Å². The Balaban J connectivity index is 1.22. The van der Waals surface area contributed by atoms with Crippen molar-refractivity contribution in [2.45, 2.75) is 26.7 Å². The molecule has 4 aromatic rings. The highest BCUT2D eigenvalue weighted by Crippen LogP contribution is 2.24. The molecular formula is C22H24N10O. The van der Waals surface area contributed by atoms with Crippen molar-refractivity contribution in [3.8, 4) is 11.6 Å². The number of hydrogen-bond donors (Lipinski definition) is 1. The predicted molar refractivity (Wildman–Crippen MR) is 121 cm³/mol. The van der Waals surface area contributed by atoms with E-state index in [4.69, 9.17) is 0 Å². The number of piperidine rings is 1. The van der Waals surface area contributed by atoms with Crippen LogP contribution in [0.3, 0.4) is 0 Å². The van der Waals surface area contributed by atoms with Crippen LogP contribution < -0.4 is 10.2 Å². The minimum Gasteiger partial charge on any atom is -0.356 e. The summed E-state index contributed by atoms with van der Waals surface area (Å²) in [6.07, 6.45) is 7.99. The van der Waals surface area contributed by atoms with Crippen molar-refractivity contribution in [2.75, 3.05) is 23.3 Å². The third-order valence-electron chi connectivity index (χ3n) is 5.70. The van der Waals surface area contributed by atoms with E-state index in [9.17, 15) is 4.79 Å². The van der Waals surface area contributed by atoms with Crippen LogP contribution in [0.15, 0.2) is 49.3 Å². The molecule has 33 heavy (non-hydrogen) atoms. The molecule has 1 N–H and O–H groups in total. The fraction of sp³-hybridized carbons (Fsp3) is 0.318. The van der Waals surface area contributed by atoms with Gasteiger partial charge in [-0.05, 0) is 38.8 Å². The summed E-state index contributed by atoms with van der Waals surface area (Å²) in [6, 6.07) is 7.48. The van der Waals surface area contributed by atoms with E-state index in [-0.39, 0.29) is 11.8 Å². The van der Waals surface area contributed by atoms with Crippen LogP contribution in [-0.4, -0.2) is 58.5 Å². The van der Waals surface area contributed by atoms with E-state index in [1.165, 1.54) is 6.33 Å². The van der Waals surface area contributed by atoms with E-state index in [1.807, 2.05) is 38.2 Å². The number of nitrogens with one attached hydrogen (secondary N) is 1. The molecule has 0 bridgehead atoms. The zero-order valence-electron chi connectivity index (χ0n) is 18.5. The Morgan fingerprint density at radius 3 is 2.45 bits per heavy atom. The fourth-order valence-electron chi connectivity index (χ4n) is 4.03. The number of hydrogen-bond acceptors (Lipinski definition) is 8. The molecule has 1 saturated heterocycles. The molecule has 1 aliphatic rings. The molecule has 11 nitrogen and oxygen atoms in total. The van der Waals surface area contributed by atoms with Gasteiger partial charge in [0.1, 0.15) is 24.3 Å². The van der Waals surface area contributed by atoms with Crippen LogP contribution in [0.4, 0.5) is 11.6 Å². The molecular weight excluding hydrogens is 420 g/mol. The SMILES string of the molecule is Cc1cc(C)n(-c2cc(NC(=O)C3CCN(c4cc(-n5cccn5)ncn4)CC3)ncn2)n1. The molecule has 4 aromatic heterocycles. The summed E-state index contributed by atoms with van der Waals surface area (Å²) < 4.78 is 3.44. The summed E-state index contributed by atoms with van der Waals surface area (Å²) in [5, 5.41) is 11.6. The Labute approximate surface area is 190 Å². The maximum atomic E-state index is 12.9. The molecule has 11 heteroatoms. The number of aromatic nitrogens is 8. The van der Waals surface area contributed by atoms with Crippen molar-refractivity contribution in [3.63, 3.8) is 0 Å². The maximum Gasteiger partial charge on any atom is 0.228 e. The Morgan fingerprint density at radius 2 is 1.73 bits per heavy atom. The van der Waals surface area contributed by atoms with Crippen molar-refractivity contribution in [2.24, 2.45) is 5.92 Å². The average Bonchev–Trinajstić information content (AvgIpc) is 3.49. The van der Waals surface area contributed by atoms with Gasteiger partial charge >= 0.3 is 0 Å². The molecule has 0 unspecified atom stereocenters. The van der Waals surface area contributed by atoms with Crippen LogP contribution in [0, 0.1) is 19.8 Å². The van der Waals surface area contributed by atoms with Crippen LogP contribution in [0.5, 0.6) is 0 Å². The topological polar surface area (TPSA) is 120 Å². The van der Waals surface area contributed by atoms with Crippen molar-refractivity contribution in [1.29, 1.82) is 0 Å². The van der Waals surface area contributed by atoms with Gasteiger partial charge in [-0.1, -0.05) is 0 Å². The monoisotopic (exact) mass is 444 g/mol. The number of nitrogens with zero attached hydrogens (tertiary/aromatic N) is 9. The smallest absolute Gasteiger partial charge is 0.228 e. The summed E-state index contributed by atoms with van der Waals surface area (Å²) in [4.78, 5) is 32.2. The van der Waals surface area contributed by atoms with Crippen LogP contribution in [-0.2, 0) is 4.79 Å². The lowest BCUT2D eigenvalue weighted by Crippen LogP contribution is -2.38. The Hall–Kier alpha value is -4.15. The summed E-state index contributed by atoms with van der Waals surface area (Å²) in [7, 11) is 0. The van der Waals surface area contributed by atoms with Gasteiger partial charge in [0.15, 0.2) is 11.6 Å². The van der Waals surface area contributed by atoms with Crippen LogP contribution in [0.25, 0.3) is 11.6 Å². The van der Waals surface area contributed by atoms with Crippen molar-refractivity contribution in [3.05, 3.63) is 60.7 Å². The normalized spacial score (nSPS) is 14.4. The first-order valence-electron chi connectivity index (χ1n) is 10.8.